The fraction of sp³-hybridized carbons (Fsp3) is 0.414. The maximum atomic E-state index is 15.6. The summed E-state index contributed by atoms with van der Waals surface area (Å²) in [6, 6.07) is 14.4. The smallest absolute Gasteiger partial charge is 0.459 e. The van der Waals surface area contributed by atoms with Crippen LogP contribution in [0.15, 0.2) is 70.4 Å². The minimum absolute atomic E-state index is 0.136. The van der Waals surface area contributed by atoms with Crippen LogP contribution in [0.25, 0.3) is 11.1 Å². The summed E-state index contributed by atoms with van der Waals surface area (Å²) in [6.07, 6.45) is -4.29. The molecule has 1 aliphatic heterocycles. The summed E-state index contributed by atoms with van der Waals surface area (Å²) in [5.41, 5.74) is -1.21. The van der Waals surface area contributed by atoms with Gasteiger partial charge in [0, 0.05) is 12.3 Å². The van der Waals surface area contributed by atoms with E-state index in [0.717, 1.165) is 40.4 Å². The molecule has 4 rings (SSSR count). The van der Waals surface area contributed by atoms with Crippen molar-refractivity contribution in [1.82, 2.24) is 14.6 Å². The summed E-state index contributed by atoms with van der Waals surface area (Å²) in [6.45, 7) is 7.06. The lowest BCUT2D eigenvalue weighted by Gasteiger charge is -2.25. The lowest BCUT2D eigenvalue weighted by atomic mass is 9.98. The molecule has 14 heteroatoms. The topological polar surface area (TPSA) is 158 Å². The van der Waals surface area contributed by atoms with E-state index in [4.69, 9.17) is 18.5 Å². The Morgan fingerprint density at radius 1 is 1.12 bits per heavy atom. The van der Waals surface area contributed by atoms with Gasteiger partial charge in [-0.15, -0.1) is 0 Å². The van der Waals surface area contributed by atoms with Gasteiger partial charge in [0.05, 0.1) is 12.7 Å². The number of aromatic nitrogens is 2. The van der Waals surface area contributed by atoms with Crippen molar-refractivity contribution in [2.75, 3.05) is 6.61 Å². The number of halogens is 1. The van der Waals surface area contributed by atoms with E-state index in [0.29, 0.717) is 0 Å². The van der Waals surface area contributed by atoms with E-state index in [9.17, 15) is 24.1 Å². The van der Waals surface area contributed by atoms with Crippen molar-refractivity contribution in [1.29, 1.82) is 0 Å². The molecule has 6 atom stereocenters. The molecule has 1 aromatic heterocycles. The first-order chi connectivity index (χ1) is 20.2. The van der Waals surface area contributed by atoms with Crippen LogP contribution in [0.5, 0.6) is 5.75 Å². The molecule has 1 aliphatic rings. The Bertz CT molecular complexity index is 1590. The van der Waals surface area contributed by atoms with Gasteiger partial charge >= 0.3 is 19.4 Å². The van der Waals surface area contributed by atoms with Crippen LogP contribution < -0.4 is 20.9 Å². The summed E-state index contributed by atoms with van der Waals surface area (Å²) in [4.78, 5) is 38.2. The number of aromatic amines is 1. The third-order valence-corrected chi connectivity index (χ3v) is 8.40. The van der Waals surface area contributed by atoms with E-state index in [2.05, 4.69) is 5.09 Å². The highest BCUT2D eigenvalue weighted by Gasteiger charge is 2.56. The van der Waals surface area contributed by atoms with Crippen molar-refractivity contribution in [3.8, 4) is 16.9 Å². The predicted molar refractivity (Wildman–Crippen MR) is 155 cm³/mol. The molecule has 2 aromatic carbocycles. The van der Waals surface area contributed by atoms with Crippen molar-refractivity contribution in [2.24, 2.45) is 0 Å². The molecule has 3 N–H and O–H groups in total. The van der Waals surface area contributed by atoms with Crippen molar-refractivity contribution >= 4 is 13.7 Å². The zero-order chi connectivity index (χ0) is 31.5. The molecule has 43 heavy (non-hydrogen) atoms. The Morgan fingerprint density at radius 3 is 2.30 bits per heavy atom. The predicted octanol–water partition coefficient (Wildman–Crippen LogP) is 3.63. The lowest BCUT2D eigenvalue weighted by molar-refractivity contribution is -0.149. The molecule has 0 amide bonds. The van der Waals surface area contributed by atoms with Gasteiger partial charge in [0.1, 0.15) is 24.0 Å². The monoisotopic (exact) mass is 619 g/mol. The van der Waals surface area contributed by atoms with Crippen LogP contribution in [0.4, 0.5) is 4.39 Å². The second-order valence-corrected chi connectivity index (χ2v) is 12.4. The van der Waals surface area contributed by atoms with Crippen LogP contribution >= 0.6 is 7.75 Å². The lowest BCUT2D eigenvalue weighted by Crippen LogP contribution is -2.43. The minimum atomic E-state index is -4.40. The normalized spacial score (nSPS) is 24.0. The standard InChI is InChI=1S/C29H35FN3O9P/c1-17(2)40-26(36)19(4)32-43(38,42-22-12-10-21(11-13-22)20-8-6-18(3)7-9-20)39-16-23-25(35)29(5,30)27(41-23)33-15-14-24(34)31-28(33)37/h6-15,17,19,23,25,27,35H,16H2,1-5H3,(H,32,38)(H,31,34,37)/t19-,23+,25?,27+,29+,43?/m0/s1. The molecule has 12 nitrogen and oxygen atoms in total. The van der Waals surface area contributed by atoms with Crippen LogP contribution in [-0.2, 0) is 23.4 Å². The number of esters is 1. The highest BCUT2D eigenvalue weighted by atomic mass is 31.2. The molecule has 0 saturated carbocycles. The van der Waals surface area contributed by atoms with Gasteiger partial charge < -0.3 is 19.1 Å². The fourth-order valence-electron chi connectivity index (χ4n) is 4.44. The number of H-pyrrole nitrogens is 1. The van der Waals surface area contributed by atoms with Crippen molar-refractivity contribution in [3.05, 3.63) is 87.2 Å². The minimum Gasteiger partial charge on any atom is -0.462 e. The van der Waals surface area contributed by atoms with Gasteiger partial charge in [-0.1, -0.05) is 42.0 Å². The average molecular weight is 620 g/mol. The van der Waals surface area contributed by atoms with Crippen molar-refractivity contribution in [3.63, 3.8) is 0 Å². The number of hydrogen-bond acceptors (Lipinski definition) is 9. The molecule has 3 aromatic rings. The molecule has 2 heterocycles. The number of nitrogens with zero attached hydrogens (tertiary/aromatic N) is 1. The van der Waals surface area contributed by atoms with Crippen LogP contribution in [0.2, 0.25) is 0 Å². The Kier molecular flexibility index (Phi) is 9.73. The third kappa shape index (κ3) is 7.67. The summed E-state index contributed by atoms with van der Waals surface area (Å²) >= 11 is 0. The van der Waals surface area contributed by atoms with E-state index in [1.54, 1.807) is 38.1 Å². The van der Waals surface area contributed by atoms with Gasteiger partial charge in [0.15, 0.2) is 11.9 Å². The molecule has 1 fully saturated rings. The van der Waals surface area contributed by atoms with Gasteiger partial charge in [-0.2, -0.15) is 5.09 Å². The third-order valence-electron chi connectivity index (χ3n) is 6.75. The quantitative estimate of drug-likeness (QED) is 0.214. The maximum Gasteiger partial charge on any atom is 0.459 e. The SMILES string of the molecule is Cc1ccc(-c2ccc(OP(=O)(N[C@@H](C)C(=O)OC(C)C)OC[C@H]3O[C@@H](n4ccc(=O)[nH]c4=O)[C@](C)(F)C3O)cc2)cc1. The number of carbonyl (C=O) groups is 1. The molecular formula is C29H35FN3O9P. The van der Waals surface area contributed by atoms with E-state index in [-0.39, 0.29) is 5.75 Å². The average Bonchev–Trinajstić information content (AvgIpc) is 3.16. The number of aliphatic hydroxyl groups is 1. The first kappa shape index (κ1) is 32.3. The number of rotatable bonds is 11. The van der Waals surface area contributed by atoms with E-state index < -0.39 is 67.8 Å². The van der Waals surface area contributed by atoms with E-state index >= 15 is 4.39 Å². The summed E-state index contributed by atoms with van der Waals surface area (Å²) in [5, 5.41) is 13.2. The largest absolute Gasteiger partial charge is 0.462 e. The first-order valence-electron chi connectivity index (χ1n) is 13.6. The number of carbonyl (C=O) groups excluding carboxylic acids is 1. The number of nitrogens with one attached hydrogen (secondary N) is 2. The molecule has 0 radical (unpaired) electrons. The van der Waals surface area contributed by atoms with Crippen LogP contribution in [0.1, 0.15) is 39.5 Å². The highest BCUT2D eigenvalue weighted by molar-refractivity contribution is 7.52. The molecule has 1 saturated heterocycles. The summed E-state index contributed by atoms with van der Waals surface area (Å²) in [5.74, 6) is -0.583. The Balaban J connectivity index is 1.55. The second kappa shape index (κ2) is 12.9. The summed E-state index contributed by atoms with van der Waals surface area (Å²) in [7, 11) is -4.40. The summed E-state index contributed by atoms with van der Waals surface area (Å²) < 4.78 is 52.5. The zero-order valence-electron chi connectivity index (χ0n) is 24.4. The van der Waals surface area contributed by atoms with Crippen molar-refractivity contribution < 1.29 is 37.4 Å². The molecule has 0 spiro atoms. The number of aliphatic hydroxyl groups excluding tert-OH is 1. The number of alkyl halides is 1. The van der Waals surface area contributed by atoms with Crippen molar-refractivity contribution in [2.45, 2.75) is 70.9 Å². The van der Waals surface area contributed by atoms with Crippen LogP contribution in [0, 0.1) is 6.92 Å². The number of ether oxygens (including phenoxy) is 2. The number of hydrogen-bond donors (Lipinski definition) is 3. The van der Waals surface area contributed by atoms with Gasteiger partial charge in [0.25, 0.3) is 5.56 Å². The molecular weight excluding hydrogens is 584 g/mol. The first-order valence-corrected chi connectivity index (χ1v) is 15.2. The molecule has 0 aliphatic carbocycles. The number of benzene rings is 2. The Morgan fingerprint density at radius 2 is 1.72 bits per heavy atom. The zero-order valence-corrected chi connectivity index (χ0v) is 25.2. The van der Waals surface area contributed by atoms with Gasteiger partial charge in [-0.25, -0.2) is 13.8 Å². The molecule has 232 valence electrons. The van der Waals surface area contributed by atoms with Crippen LogP contribution in [-0.4, -0.2) is 57.3 Å². The maximum absolute atomic E-state index is 15.6. The van der Waals surface area contributed by atoms with Gasteiger partial charge in [-0.3, -0.25) is 23.7 Å². The Hall–Kier alpha value is -3.61. The van der Waals surface area contributed by atoms with Crippen LogP contribution in [0.3, 0.4) is 0 Å². The van der Waals surface area contributed by atoms with E-state index in [1.807, 2.05) is 36.2 Å². The number of aryl methyl sites for hydroxylation is 1. The fourth-order valence-corrected chi connectivity index (χ4v) is 5.94. The molecule has 0 bridgehead atoms. The highest BCUT2D eigenvalue weighted by Crippen LogP contribution is 2.47. The Labute approximate surface area is 247 Å². The molecule has 2 unspecified atom stereocenters. The van der Waals surface area contributed by atoms with E-state index in [1.165, 1.54) is 6.92 Å². The second-order valence-electron chi connectivity index (χ2n) is 10.8. The van der Waals surface area contributed by atoms with Gasteiger partial charge in [0.2, 0.25) is 0 Å². The van der Waals surface area contributed by atoms with Gasteiger partial charge in [-0.05, 0) is 57.9 Å².